The highest BCUT2D eigenvalue weighted by atomic mass is 35.5. The first-order chi connectivity index (χ1) is 11.1. The number of carbonyl (C=O) groups is 3. The zero-order valence-corrected chi connectivity index (χ0v) is 14.9. The van der Waals surface area contributed by atoms with Crippen molar-refractivity contribution in [3.8, 4) is 0 Å². The van der Waals surface area contributed by atoms with Crippen molar-refractivity contribution < 1.29 is 19.5 Å². The highest BCUT2D eigenvalue weighted by Crippen LogP contribution is 2.19. The number of ketones is 2. The van der Waals surface area contributed by atoms with Crippen LogP contribution in [0.5, 0.6) is 0 Å². The van der Waals surface area contributed by atoms with Gasteiger partial charge in [-0.2, -0.15) is 0 Å². The Balaban J connectivity index is 0.000000243. The van der Waals surface area contributed by atoms with Gasteiger partial charge in [0.05, 0.1) is 5.56 Å². The van der Waals surface area contributed by atoms with Crippen molar-refractivity contribution in [1.29, 1.82) is 0 Å². The van der Waals surface area contributed by atoms with Crippen LogP contribution in [0.25, 0.3) is 0 Å². The molecule has 2 aromatic rings. The summed E-state index contributed by atoms with van der Waals surface area (Å²) < 4.78 is 0. The third-order valence-corrected chi connectivity index (χ3v) is 3.57. The molecule has 0 radical (unpaired) electrons. The maximum absolute atomic E-state index is 10.9. The third kappa shape index (κ3) is 5.80. The second-order valence-corrected chi connectivity index (χ2v) is 5.98. The van der Waals surface area contributed by atoms with Gasteiger partial charge in [0.15, 0.2) is 11.6 Å². The molecule has 0 bridgehead atoms. The number of carboxylic acid groups (broad SMARTS) is 1. The average molecular weight is 367 g/mol. The van der Waals surface area contributed by atoms with Crippen molar-refractivity contribution in [3.05, 3.63) is 68.7 Å². The van der Waals surface area contributed by atoms with E-state index in [9.17, 15) is 14.4 Å². The zero-order chi connectivity index (χ0) is 18.4. The fourth-order valence-corrected chi connectivity index (χ4v) is 2.41. The summed E-state index contributed by atoms with van der Waals surface area (Å²) >= 11 is 11.3. The summed E-state index contributed by atoms with van der Waals surface area (Å²) in [7, 11) is 0. The van der Waals surface area contributed by atoms with Crippen LogP contribution < -0.4 is 0 Å². The minimum atomic E-state index is -0.965. The van der Waals surface area contributed by atoms with E-state index < -0.39 is 5.97 Å². The largest absolute Gasteiger partial charge is 0.478 e. The minimum Gasteiger partial charge on any atom is -0.478 e. The van der Waals surface area contributed by atoms with Crippen LogP contribution in [-0.4, -0.2) is 22.6 Å². The van der Waals surface area contributed by atoms with Gasteiger partial charge in [0.1, 0.15) is 0 Å². The number of hydrogen-bond donors (Lipinski definition) is 1. The van der Waals surface area contributed by atoms with Gasteiger partial charge in [0, 0.05) is 21.2 Å². The summed E-state index contributed by atoms with van der Waals surface area (Å²) in [5.74, 6) is -1.05. The van der Waals surface area contributed by atoms with Crippen molar-refractivity contribution in [2.45, 2.75) is 20.8 Å². The summed E-state index contributed by atoms with van der Waals surface area (Å²) in [6.45, 7) is 4.60. The molecule has 4 nitrogen and oxygen atoms in total. The second kappa shape index (κ2) is 8.62. The molecule has 1 N–H and O–H groups in total. The Hall–Kier alpha value is -2.17. The molecule has 126 valence electrons. The molecule has 0 amide bonds. The number of rotatable bonds is 3. The van der Waals surface area contributed by atoms with Crippen molar-refractivity contribution in [2.75, 3.05) is 0 Å². The predicted octanol–water partition coefficient (Wildman–Crippen LogP) is 5.09. The lowest BCUT2D eigenvalue weighted by Crippen LogP contribution is -2.01. The quantitative estimate of drug-likeness (QED) is 0.767. The SMILES string of the molecule is CC(=O)c1cc(Cl)cc(Cl)c1.CC(=O)c1ccc(C(=O)O)c(C)c1. The topological polar surface area (TPSA) is 71.4 Å². The lowest BCUT2D eigenvalue weighted by atomic mass is 10.0. The molecule has 0 aliphatic heterocycles. The van der Waals surface area contributed by atoms with E-state index in [4.69, 9.17) is 28.3 Å². The number of carboxylic acids is 1. The van der Waals surface area contributed by atoms with E-state index in [2.05, 4.69) is 0 Å². The molecule has 0 aliphatic carbocycles. The molecule has 24 heavy (non-hydrogen) atoms. The van der Waals surface area contributed by atoms with Crippen LogP contribution in [0.15, 0.2) is 36.4 Å². The normalized spacial score (nSPS) is 9.71. The van der Waals surface area contributed by atoms with Crippen LogP contribution in [0, 0.1) is 6.92 Å². The van der Waals surface area contributed by atoms with E-state index in [0.717, 1.165) is 0 Å². The van der Waals surface area contributed by atoms with Crippen LogP contribution in [0.4, 0.5) is 0 Å². The number of halogens is 2. The molecule has 0 aliphatic rings. The van der Waals surface area contributed by atoms with Gasteiger partial charge < -0.3 is 5.11 Å². The Labute approximate surface area is 150 Å². The van der Waals surface area contributed by atoms with Crippen molar-refractivity contribution in [3.63, 3.8) is 0 Å². The summed E-state index contributed by atoms with van der Waals surface area (Å²) in [5.41, 5.74) is 1.94. The highest BCUT2D eigenvalue weighted by Gasteiger charge is 2.08. The van der Waals surface area contributed by atoms with E-state index in [0.29, 0.717) is 26.7 Å². The van der Waals surface area contributed by atoms with Crippen LogP contribution in [0.1, 0.15) is 50.5 Å². The highest BCUT2D eigenvalue weighted by molar-refractivity contribution is 6.35. The van der Waals surface area contributed by atoms with E-state index in [1.54, 1.807) is 31.2 Å². The summed E-state index contributed by atoms with van der Waals surface area (Å²) in [5, 5.41) is 9.69. The van der Waals surface area contributed by atoms with Gasteiger partial charge in [-0.15, -0.1) is 0 Å². The van der Waals surface area contributed by atoms with Crippen LogP contribution >= 0.6 is 23.2 Å². The Bertz CT molecular complexity index is 777. The first kappa shape index (κ1) is 19.9. The molecule has 2 aromatic carbocycles. The number of benzene rings is 2. The maximum atomic E-state index is 10.9. The number of hydrogen-bond acceptors (Lipinski definition) is 3. The molecule has 2 rings (SSSR count). The Morgan fingerprint density at radius 3 is 1.71 bits per heavy atom. The van der Waals surface area contributed by atoms with Gasteiger partial charge in [-0.05, 0) is 56.7 Å². The fraction of sp³-hybridized carbons (Fsp3) is 0.167. The molecule has 0 saturated carbocycles. The molecule has 6 heteroatoms. The van der Waals surface area contributed by atoms with Gasteiger partial charge in [-0.1, -0.05) is 29.3 Å². The molecular formula is C18H16Cl2O4. The second-order valence-electron chi connectivity index (χ2n) is 5.11. The van der Waals surface area contributed by atoms with E-state index in [-0.39, 0.29) is 17.1 Å². The molecule has 0 saturated heterocycles. The van der Waals surface area contributed by atoms with Crippen molar-refractivity contribution in [2.24, 2.45) is 0 Å². The number of aryl methyl sites for hydroxylation is 1. The Morgan fingerprint density at radius 2 is 1.33 bits per heavy atom. The molecule has 0 aromatic heterocycles. The van der Waals surface area contributed by atoms with Gasteiger partial charge in [-0.3, -0.25) is 9.59 Å². The summed E-state index contributed by atoms with van der Waals surface area (Å²) in [6, 6.07) is 9.35. The summed E-state index contributed by atoms with van der Waals surface area (Å²) in [4.78, 5) is 32.4. The number of carbonyl (C=O) groups excluding carboxylic acids is 2. The number of Topliss-reactive ketones (excluding diaryl/α,β-unsaturated/α-hetero) is 2. The fourth-order valence-electron chi connectivity index (χ4n) is 1.88. The van der Waals surface area contributed by atoms with E-state index >= 15 is 0 Å². The molecule has 0 heterocycles. The Kier molecular flexibility index (Phi) is 7.14. The summed E-state index contributed by atoms with van der Waals surface area (Å²) in [6.07, 6.45) is 0. The third-order valence-electron chi connectivity index (χ3n) is 3.13. The molecule has 0 spiro atoms. The zero-order valence-electron chi connectivity index (χ0n) is 13.4. The van der Waals surface area contributed by atoms with Crippen molar-refractivity contribution >= 4 is 40.7 Å². The lowest BCUT2D eigenvalue weighted by Gasteiger charge is -2.01. The Morgan fingerprint density at radius 1 is 0.833 bits per heavy atom. The molecule has 0 unspecified atom stereocenters. The van der Waals surface area contributed by atoms with Gasteiger partial charge in [0.2, 0.25) is 0 Å². The molecule has 0 fully saturated rings. The van der Waals surface area contributed by atoms with Gasteiger partial charge in [0.25, 0.3) is 0 Å². The molecular weight excluding hydrogens is 351 g/mol. The van der Waals surface area contributed by atoms with Crippen LogP contribution in [-0.2, 0) is 0 Å². The monoisotopic (exact) mass is 366 g/mol. The van der Waals surface area contributed by atoms with Crippen LogP contribution in [0.3, 0.4) is 0 Å². The van der Waals surface area contributed by atoms with Gasteiger partial charge in [-0.25, -0.2) is 4.79 Å². The van der Waals surface area contributed by atoms with Crippen LogP contribution in [0.2, 0.25) is 10.0 Å². The predicted molar refractivity (Wildman–Crippen MR) is 94.6 cm³/mol. The minimum absolute atomic E-state index is 0.0330. The first-order valence-corrected chi connectivity index (χ1v) is 7.69. The van der Waals surface area contributed by atoms with Gasteiger partial charge >= 0.3 is 5.97 Å². The molecule has 0 atom stereocenters. The average Bonchev–Trinajstić information content (AvgIpc) is 2.46. The standard InChI is InChI=1S/C10H10O3.C8H6Cl2O/c1-6-5-8(7(2)11)3-4-9(6)10(12)13;1-5(11)6-2-7(9)4-8(10)3-6/h3-5H,1-2H3,(H,12,13);2-4H,1H3. The smallest absolute Gasteiger partial charge is 0.335 e. The van der Waals surface area contributed by atoms with E-state index in [1.807, 2.05) is 0 Å². The first-order valence-electron chi connectivity index (χ1n) is 6.93. The maximum Gasteiger partial charge on any atom is 0.335 e. The van der Waals surface area contributed by atoms with E-state index in [1.165, 1.54) is 26.0 Å². The lowest BCUT2D eigenvalue weighted by molar-refractivity contribution is 0.0695. The number of aromatic carboxylic acids is 1. The van der Waals surface area contributed by atoms with Crippen molar-refractivity contribution in [1.82, 2.24) is 0 Å².